The third kappa shape index (κ3) is 2.38. The van der Waals surface area contributed by atoms with Crippen LogP contribution in [0.25, 0.3) is 0 Å². The van der Waals surface area contributed by atoms with Crippen LogP contribution in [0, 0.1) is 18.3 Å². The van der Waals surface area contributed by atoms with Crippen LogP contribution in [0.2, 0.25) is 10.2 Å². The van der Waals surface area contributed by atoms with Crippen molar-refractivity contribution in [2.24, 2.45) is 0 Å². The molecule has 0 aliphatic heterocycles. The first-order chi connectivity index (χ1) is 7.93. The van der Waals surface area contributed by atoms with E-state index in [9.17, 15) is 9.59 Å². The summed E-state index contributed by atoms with van der Waals surface area (Å²) in [6.45, 7) is 1.45. The molecule has 1 rings (SSSR count). The molecule has 0 unspecified atom stereocenters. The number of ether oxygens (including phenoxy) is 1. The van der Waals surface area contributed by atoms with Gasteiger partial charge in [-0.15, -0.1) is 0 Å². The van der Waals surface area contributed by atoms with Crippen LogP contribution in [0.5, 0.6) is 0 Å². The highest BCUT2D eigenvalue weighted by atomic mass is 35.5. The minimum absolute atomic E-state index is 0.114. The van der Waals surface area contributed by atoms with Crippen LogP contribution >= 0.6 is 23.2 Å². The number of nitriles is 1. The van der Waals surface area contributed by atoms with Crippen LogP contribution < -0.4 is 0 Å². The Morgan fingerprint density at radius 2 is 2.00 bits per heavy atom. The Bertz CT molecular complexity index is 549. The SMILES string of the molecule is COC(=O)C(=O)c1c(C)nc(Cl)c(C#N)c1Cl. The van der Waals surface area contributed by atoms with Gasteiger partial charge < -0.3 is 4.74 Å². The van der Waals surface area contributed by atoms with E-state index >= 15 is 0 Å². The standard InChI is InChI=1S/C10H6Cl2N2O3/c1-4-6(8(15)10(16)17-2)7(11)5(3-13)9(12)14-4/h1-2H3. The van der Waals surface area contributed by atoms with Gasteiger partial charge in [0.05, 0.1) is 23.4 Å². The van der Waals surface area contributed by atoms with Gasteiger partial charge in [0.25, 0.3) is 5.78 Å². The number of pyridine rings is 1. The van der Waals surface area contributed by atoms with E-state index in [1.165, 1.54) is 6.92 Å². The average molecular weight is 273 g/mol. The molecule has 0 amide bonds. The number of hydrogen-bond donors (Lipinski definition) is 0. The molecule has 1 aromatic heterocycles. The predicted octanol–water partition coefficient (Wildman–Crippen LogP) is 1.92. The Labute approximate surface area is 107 Å². The van der Waals surface area contributed by atoms with Crippen molar-refractivity contribution in [2.75, 3.05) is 7.11 Å². The number of carbonyl (C=O) groups is 2. The van der Waals surface area contributed by atoms with Gasteiger partial charge in [0, 0.05) is 0 Å². The number of carbonyl (C=O) groups excluding carboxylic acids is 2. The van der Waals surface area contributed by atoms with Gasteiger partial charge in [-0.1, -0.05) is 23.2 Å². The van der Waals surface area contributed by atoms with Gasteiger partial charge >= 0.3 is 5.97 Å². The van der Waals surface area contributed by atoms with E-state index < -0.39 is 11.8 Å². The molecule has 0 saturated carbocycles. The minimum atomic E-state index is -1.08. The molecule has 0 aliphatic carbocycles. The largest absolute Gasteiger partial charge is 0.463 e. The van der Waals surface area contributed by atoms with Crippen molar-refractivity contribution in [3.05, 3.63) is 27.0 Å². The maximum absolute atomic E-state index is 11.6. The quantitative estimate of drug-likeness (QED) is 0.356. The van der Waals surface area contributed by atoms with E-state index in [-0.39, 0.29) is 27.0 Å². The number of methoxy groups -OCH3 is 1. The predicted molar refractivity (Wildman–Crippen MR) is 60.1 cm³/mol. The summed E-state index contributed by atoms with van der Waals surface area (Å²) in [5.41, 5.74) is -0.153. The number of esters is 1. The Balaban J connectivity index is 3.51. The molecule has 5 nitrogen and oxygen atoms in total. The molecule has 0 bridgehead atoms. The van der Waals surface area contributed by atoms with Crippen molar-refractivity contribution < 1.29 is 14.3 Å². The van der Waals surface area contributed by atoms with E-state index in [4.69, 9.17) is 28.5 Å². The van der Waals surface area contributed by atoms with Crippen molar-refractivity contribution in [1.29, 1.82) is 5.26 Å². The topological polar surface area (TPSA) is 80.1 Å². The molecule has 88 valence electrons. The number of nitrogens with zero attached hydrogens (tertiary/aromatic N) is 2. The van der Waals surface area contributed by atoms with Crippen molar-refractivity contribution >= 4 is 35.0 Å². The third-order valence-corrected chi connectivity index (χ3v) is 2.63. The summed E-state index contributed by atoms with van der Waals surface area (Å²) in [5, 5.41) is 8.50. The van der Waals surface area contributed by atoms with Crippen LogP contribution in [-0.2, 0) is 9.53 Å². The minimum Gasteiger partial charge on any atom is -0.463 e. The maximum atomic E-state index is 11.6. The van der Waals surface area contributed by atoms with Gasteiger partial charge in [-0.25, -0.2) is 9.78 Å². The lowest BCUT2D eigenvalue weighted by molar-refractivity contribution is -0.135. The summed E-state index contributed by atoms with van der Waals surface area (Å²) in [6, 6.07) is 1.71. The molecule has 0 N–H and O–H groups in total. The fourth-order valence-electron chi connectivity index (χ4n) is 1.19. The first-order valence-corrected chi connectivity index (χ1v) is 5.08. The molecule has 17 heavy (non-hydrogen) atoms. The van der Waals surface area contributed by atoms with Crippen molar-refractivity contribution in [2.45, 2.75) is 6.92 Å². The zero-order valence-electron chi connectivity index (χ0n) is 8.88. The number of halogens is 2. The summed E-state index contributed by atoms with van der Waals surface area (Å²) in [5.74, 6) is -2.04. The first-order valence-electron chi connectivity index (χ1n) is 4.32. The van der Waals surface area contributed by atoms with Crippen molar-refractivity contribution in [1.82, 2.24) is 4.98 Å². The molecule has 1 aromatic rings. The van der Waals surface area contributed by atoms with Crippen LogP contribution in [0.3, 0.4) is 0 Å². The average Bonchev–Trinajstić information content (AvgIpc) is 2.27. The van der Waals surface area contributed by atoms with Gasteiger partial charge in [0.1, 0.15) is 16.8 Å². The van der Waals surface area contributed by atoms with E-state index in [1.54, 1.807) is 6.07 Å². The summed E-state index contributed by atoms with van der Waals surface area (Å²) < 4.78 is 4.29. The van der Waals surface area contributed by atoms with E-state index in [1.807, 2.05) is 0 Å². The fraction of sp³-hybridized carbons (Fsp3) is 0.200. The first kappa shape index (κ1) is 13.4. The van der Waals surface area contributed by atoms with Gasteiger partial charge in [-0.3, -0.25) is 4.79 Å². The number of aryl methyl sites for hydroxylation is 1. The van der Waals surface area contributed by atoms with Crippen molar-refractivity contribution in [3.63, 3.8) is 0 Å². The molecule has 0 saturated heterocycles. The molecule has 0 aromatic carbocycles. The number of hydrogen-bond acceptors (Lipinski definition) is 5. The van der Waals surface area contributed by atoms with Crippen LogP contribution in [-0.4, -0.2) is 23.8 Å². The number of aromatic nitrogens is 1. The highest BCUT2D eigenvalue weighted by Crippen LogP contribution is 2.28. The Kier molecular flexibility index (Phi) is 4.05. The summed E-state index contributed by atoms with van der Waals surface area (Å²) in [6.07, 6.45) is 0. The second kappa shape index (κ2) is 5.13. The van der Waals surface area contributed by atoms with Crippen LogP contribution in [0.1, 0.15) is 21.6 Å². The van der Waals surface area contributed by atoms with E-state index in [0.29, 0.717) is 0 Å². The lowest BCUT2D eigenvalue weighted by Crippen LogP contribution is -2.18. The second-order valence-electron chi connectivity index (χ2n) is 2.98. The van der Waals surface area contributed by atoms with Crippen LogP contribution in [0.15, 0.2) is 0 Å². The van der Waals surface area contributed by atoms with Gasteiger partial charge in [0.2, 0.25) is 0 Å². The molecule has 0 radical (unpaired) electrons. The Morgan fingerprint density at radius 1 is 1.41 bits per heavy atom. The summed E-state index contributed by atoms with van der Waals surface area (Å²) in [7, 11) is 1.07. The molecule has 0 aliphatic rings. The Hall–Kier alpha value is -1.64. The second-order valence-corrected chi connectivity index (χ2v) is 3.72. The highest BCUT2D eigenvalue weighted by Gasteiger charge is 2.26. The number of ketones is 1. The third-order valence-electron chi connectivity index (χ3n) is 1.98. The lowest BCUT2D eigenvalue weighted by atomic mass is 10.1. The normalized spacial score (nSPS) is 9.59. The molecular weight excluding hydrogens is 267 g/mol. The van der Waals surface area contributed by atoms with Crippen molar-refractivity contribution in [3.8, 4) is 6.07 Å². The fourth-order valence-corrected chi connectivity index (χ4v) is 1.85. The number of Topliss-reactive ketones (excluding diaryl/α,β-unsaturated/α-hetero) is 1. The molecule has 7 heteroatoms. The molecule has 1 heterocycles. The molecular formula is C10H6Cl2N2O3. The monoisotopic (exact) mass is 272 g/mol. The Morgan fingerprint density at radius 3 is 2.47 bits per heavy atom. The molecule has 0 atom stereocenters. The molecule has 0 spiro atoms. The van der Waals surface area contributed by atoms with E-state index in [0.717, 1.165) is 7.11 Å². The summed E-state index contributed by atoms with van der Waals surface area (Å²) >= 11 is 11.5. The highest BCUT2D eigenvalue weighted by molar-refractivity contribution is 6.46. The zero-order valence-corrected chi connectivity index (χ0v) is 10.4. The van der Waals surface area contributed by atoms with Gasteiger partial charge in [0.15, 0.2) is 0 Å². The smallest absolute Gasteiger partial charge is 0.379 e. The summed E-state index contributed by atoms with van der Waals surface area (Å²) in [4.78, 5) is 26.5. The van der Waals surface area contributed by atoms with Gasteiger partial charge in [-0.2, -0.15) is 5.26 Å². The van der Waals surface area contributed by atoms with Gasteiger partial charge in [-0.05, 0) is 6.92 Å². The lowest BCUT2D eigenvalue weighted by Gasteiger charge is -2.07. The molecule has 0 fully saturated rings. The van der Waals surface area contributed by atoms with Crippen LogP contribution in [0.4, 0.5) is 0 Å². The van der Waals surface area contributed by atoms with E-state index in [2.05, 4.69) is 9.72 Å². The zero-order chi connectivity index (χ0) is 13.2. The maximum Gasteiger partial charge on any atom is 0.379 e. The number of rotatable bonds is 2.